The Morgan fingerprint density at radius 2 is 1.52 bits per heavy atom. The van der Waals surface area contributed by atoms with Gasteiger partial charge in [0.15, 0.2) is 5.78 Å². The van der Waals surface area contributed by atoms with E-state index in [-0.39, 0.29) is 12.4 Å². The summed E-state index contributed by atoms with van der Waals surface area (Å²) in [6, 6.07) is 27.2. The Bertz CT molecular complexity index is 1030. The number of β-amino-alcohol motifs (C(OH)–C–C–N with tert-alkyl or cyclic N) is 1. The Labute approximate surface area is 195 Å². The number of hydrogen-bond donors (Lipinski definition) is 1. The van der Waals surface area contributed by atoms with Gasteiger partial charge in [0.25, 0.3) is 0 Å². The van der Waals surface area contributed by atoms with Gasteiger partial charge in [-0.15, -0.1) is 0 Å². The summed E-state index contributed by atoms with van der Waals surface area (Å²) in [5.41, 5.74) is 2.84. The van der Waals surface area contributed by atoms with Crippen molar-refractivity contribution in [1.82, 2.24) is 4.90 Å². The lowest BCUT2D eigenvalue weighted by atomic mass is 10.1. The molecule has 1 unspecified atom stereocenters. The highest BCUT2D eigenvalue weighted by molar-refractivity contribution is 6.06. The van der Waals surface area contributed by atoms with E-state index in [0.717, 1.165) is 31.7 Å². The van der Waals surface area contributed by atoms with E-state index in [1.54, 1.807) is 30.3 Å². The van der Waals surface area contributed by atoms with Crippen LogP contribution in [0.1, 0.15) is 15.9 Å². The number of allylic oxidation sites excluding steroid dienone is 1. The molecule has 1 saturated heterocycles. The van der Waals surface area contributed by atoms with Crippen molar-refractivity contribution in [3.63, 3.8) is 0 Å². The van der Waals surface area contributed by atoms with E-state index < -0.39 is 6.10 Å². The van der Waals surface area contributed by atoms with Gasteiger partial charge in [0, 0.05) is 44.0 Å². The van der Waals surface area contributed by atoms with Gasteiger partial charge in [-0.25, -0.2) is 0 Å². The maximum absolute atomic E-state index is 12.4. The summed E-state index contributed by atoms with van der Waals surface area (Å²) in [5.74, 6) is 0.589. The Hall–Kier alpha value is -3.41. The van der Waals surface area contributed by atoms with E-state index in [2.05, 4.69) is 34.1 Å². The molecule has 4 rings (SSSR count). The monoisotopic (exact) mass is 442 g/mol. The van der Waals surface area contributed by atoms with Crippen LogP contribution in [-0.2, 0) is 0 Å². The van der Waals surface area contributed by atoms with Crippen LogP contribution in [0.25, 0.3) is 6.08 Å². The minimum absolute atomic E-state index is 0.0555. The van der Waals surface area contributed by atoms with Crippen LogP contribution in [0, 0.1) is 0 Å². The summed E-state index contributed by atoms with van der Waals surface area (Å²) in [7, 11) is 0. The maximum Gasteiger partial charge on any atom is 0.185 e. The molecule has 5 heteroatoms. The molecule has 1 N–H and O–H groups in total. The topological polar surface area (TPSA) is 53.0 Å². The smallest absolute Gasteiger partial charge is 0.185 e. The first-order valence-electron chi connectivity index (χ1n) is 11.4. The zero-order valence-electron chi connectivity index (χ0n) is 18.7. The Morgan fingerprint density at radius 1 is 0.879 bits per heavy atom. The number of aliphatic hydroxyl groups is 1. The van der Waals surface area contributed by atoms with Gasteiger partial charge in [0.1, 0.15) is 18.5 Å². The highest BCUT2D eigenvalue weighted by atomic mass is 16.5. The summed E-state index contributed by atoms with van der Waals surface area (Å²) < 4.78 is 5.75. The van der Waals surface area contributed by atoms with Crippen LogP contribution < -0.4 is 9.64 Å². The molecule has 0 bridgehead atoms. The average molecular weight is 443 g/mol. The van der Waals surface area contributed by atoms with E-state index in [9.17, 15) is 9.90 Å². The lowest BCUT2D eigenvalue weighted by Crippen LogP contribution is -2.49. The van der Waals surface area contributed by atoms with E-state index >= 15 is 0 Å². The summed E-state index contributed by atoms with van der Waals surface area (Å²) >= 11 is 0. The van der Waals surface area contributed by atoms with Crippen LogP contribution in [0.4, 0.5) is 5.69 Å². The zero-order valence-corrected chi connectivity index (χ0v) is 18.7. The van der Waals surface area contributed by atoms with Gasteiger partial charge in [-0.1, -0.05) is 54.6 Å². The molecule has 170 valence electrons. The number of carbonyl (C=O) groups is 1. The normalized spacial score (nSPS) is 15.5. The predicted molar refractivity (Wildman–Crippen MR) is 133 cm³/mol. The minimum atomic E-state index is -0.566. The van der Waals surface area contributed by atoms with Crippen LogP contribution >= 0.6 is 0 Å². The first-order valence-corrected chi connectivity index (χ1v) is 11.4. The molecule has 1 aliphatic heterocycles. The van der Waals surface area contributed by atoms with Crippen LogP contribution in [0.2, 0.25) is 0 Å². The molecule has 3 aromatic carbocycles. The van der Waals surface area contributed by atoms with Crippen LogP contribution in [0.15, 0.2) is 91.0 Å². The first-order chi connectivity index (χ1) is 16.2. The Balaban J connectivity index is 1.19. The van der Waals surface area contributed by atoms with Crippen LogP contribution in [-0.4, -0.2) is 61.2 Å². The van der Waals surface area contributed by atoms with Gasteiger partial charge in [0.05, 0.1) is 0 Å². The fraction of sp³-hybridized carbons (Fsp3) is 0.250. The molecule has 0 spiro atoms. The Morgan fingerprint density at radius 3 is 2.18 bits per heavy atom. The SMILES string of the molecule is O=C(C=Cc1ccccc1)c1ccc(OCC(O)CN2CCN(c3ccccc3)CC2)cc1. The molecule has 0 amide bonds. The summed E-state index contributed by atoms with van der Waals surface area (Å²) in [4.78, 5) is 17.0. The Kier molecular flexibility index (Phi) is 7.90. The fourth-order valence-electron chi connectivity index (χ4n) is 3.92. The molecule has 1 aliphatic rings. The van der Waals surface area contributed by atoms with Crippen molar-refractivity contribution in [2.45, 2.75) is 6.10 Å². The third-order valence-corrected chi connectivity index (χ3v) is 5.77. The quantitative estimate of drug-likeness (QED) is 0.399. The molecular weight excluding hydrogens is 412 g/mol. The highest BCUT2D eigenvalue weighted by Gasteiger charge is 2.19. The van der Waals surface area contributed by atoms with Crippen molar-refractivity contribution in [2.75, 3.05) is 44.2 Å². The second kappa shape index (κ2) is 11.5. The van der Waals surface area contributed by atoms with Gasteiger partial charge in [-0.3, -0.25) is 9.69 Å². The summed E-state index contributed by atoms with van der Waals surface area (Å²) in [6.45, 7) is 4.54. The molecule has 0 aromatic heterocycles. The molecular formula is C28H30N2O3. The van der Waals surface area contributed by atoms with Gasteiger partial charge in [-0.2, -0.15) is 0 Å². The minimum Gasteiger partial charge on any atom is -0.491 e. The molecule has 0 radical (unpaired) electrons. The molecule has 0 aliphatic carbocycles. The predicted octanol–water partition coefficient (Wildman–Crippen LogP) is 4.14. The second-order valence-corrected chi connectivity index (χ2v) is 8.22. The van der Waals surface area contributed by atoms with Gasteiger partial charge in [-0.05, 0) is 48.0 Å². The number of nitrogens with zero attached hydrogens (tertiary/aromatic N) is 2. The van der Waals surface area contributed by atoms with Crippen LogP contribution in [0.5, 0.6) is 5.75 Å². The van der Waals surface area contributed by atoms with Crippen molar-refractivity contribution >= 4 is 17.5 Å². The largest absolute Gasteiger partial charge is 0.491 e. The summed E-state index contributed by atoms with van der Waals surface area (Å²) in [6.07, 6.45) is 2.82. The van der Waals surface area contributed by atoms with Crippen LogP contribution in [0.3, 0.4) is 0 Å². The lowest BCUT2D eigenvalue weighted by Gasteiger charge is -2.36. The standard InChI is InChI=1S/C28H30N2O3/c31-26(21-29-17-19-30(20-18-29)25-9-5-2-6-10-25)22-33-27-14-12-24(13-15-27)28(32)16-11-23-7-3-1-4-8-23/h1-16,26,31H,17-22H2. The second-order valence-electron chi connectivity index (χ2n) is 8.22. The number of benzene rings is 3. The summed E-state index contributed by atoms with van der Waals surface area (Å²) in [5, 5.41) is 10.4. The van der Waals surface area contributed by atoms with E-state index in [1.807, 2.05) is 42.5 Å². The van der Waals surface area contributed by atoms with Gasteiger partial charge < -0.3 is 14.7 Å². The van der Waals surface area contributed by atoms with E-state index in [4.69, 9.17) is 4.74 Å². The number of anilines is 1. The molecule has 1 heterocycles. The maximum atomic E-state index is 12.4. The molecule has 0 saturated carbocycles. The number of carbonyl (C=O) groups excluding carboxylic acids is 1. The van der Waals surface area contributed by atoms with Crippen molar-refractivity contribution in [3.8, 4) is 5.75 Å². The average Bonchev–Trinajstić information content (AvgIpc) is 2.88. The molecule has 1 atom stereocenters. The van der Waals surface area contributed by atoms with E-state index in [1.165, 1.54) is 5.69 Å². The molecule has 1 fully saturated rings. The molecule has 33 heavy (non-hydrogen) atoms. The number of hydrogen-bond acceptors (Lipinski definition) is 5. The lowest BCUT2D eigenvalue weighted by molar-refractivity contribution is 0.0663. The molecule has 5 nitrogen and oxygen atoms in total. The van der Waals surface area contributed by atoms with Gasteiger partial charge >= 0.3 is 0 Å². The van der Waals surface area contributed by atoms with Crippen molar-refractivity contribution in [3.05, 3.63) is 102 Å². The number of para-hydroxylation sites is 1. The van der Waals surface area contributed by atoms with Crippen molar-refractivity contribution < 1.29 is 14.6 Å². The van der Waals surface area contributed by atoms with E-state index in [0.29, 0.717) is 17.9 Å². The van der Waals surface area contributed by atoms with Crippen molar-refractivity contribution in [2.24, 2.45) is 0 Å². The number of aliphatic hydroxyl groups excluding tert-OH is 1. The molecule has 3 aromatic rings. The third kappa shape index (κ3) is 6.78. The number of ether oxygens (including phenoxy) is 1. The fourth-order valence-corrected chi connectivity index (χ4v) is 3.92. The number of ketones is 1. The first kappa shape index (κ1) is 22.8. The van der Waals surface area contributed by atoms with Gasteiger partial charge in [0.2, 0.25) is 0 Å². The zero-order chi connectivity index (χ0) is 22.9. The van der Waals surface area contributed by atoms with Crippen molar-refractivity contribution in [1.29, 1.82) is 0 Å². The highest BCUT2D eigenvalue weighted by Crippen LogP contribution is 2.17. The number of piperazine rings is 1. The number of rotatable bonds is 9. The third-order valence-electron chi connectivity index (χ3n) is 5.77.